The molecule has 3 aromatic rings. The molecule has 1 N–H and O–H groups in total. The van der Waals surface area contributed by atoms with E-state index >= 15 is 0 Å². The molecule has 0 spiro atoms. The number of rotatable bonds is 2. The Morgan fingerprint density at radius 3 is 2.77 bits per heavy atom. The van der Waals surface area contributed by atoms with Crippen molar-refractivity contribution in [2.24, 2.45) is 7.05 Å². The summed E-state index contributed by atoms with van der Waals surface area (Å²) in [6, 6.07) is 10.9. The number of fused-ring (bicyclic) bond motifs is 1. The van der Waals surface area contributed by atoms with Gasteiger partial charge in [0.15, 0.2) is 0 Å². The molecule has 1 aromatic heterocycles. The van der Waals surface area contributed by atoms with Gasteiger partial charge < -0.3 is 14.8 Å². The van der Waals surface area contributed by atoms with Crippen molar-refractivity contribution in [1.82, 2.24) is 19.8 Å². The molecule has 134 valence electrons. The fraction of sp³-hybridized carbons (Fsp3) is 0.300. The molecule has 1 atom stereocenters. The highest BCUT2D eigenvalue weighted by molar-refractivity contribution is 5.95. The second-order valence-electron chi connectivity index (χ2n) is 6.86. The lowest BCUT2D eigenvalue weighted by Crippen LogP contribution is -2.51. The number of nitrogens with zero attached hydrogens (tertiary/aromatic N) is 3. The predicted octanol–water partition coefficient (Wildman–Crippen LogP) is 2.81. The molecule has 0 bridgehead atoms. The molecular weight excluding hydrogens is 331 g/mol. The standard InChI is InChI=1S/C20H21FN4O/c1-13-11-25(8-7-22-13)20(26)16-5-3-14(9-17(16)21)15-4-6-19-18(10-15)23-12-24(19)2/h3-6,9-10,12-13,22H,7-8,11H2,1-2H3. The first-order chi connectivity index (χ1) is 12.5. The molecule has 2 aromatic carbocycles. The normalized spacial score (nSPS) is 17.7. The number of imidazole rings is 1. The number of halogens is 1. The maximum atomic E-state index is 14.7. The summed E-state index contributed by atoms with van der Waals surface area (Å²) >= 11 is 0. The van der Waals surface area contributed by atoms with E-state index in [1.807, 2.05) is 36.7 Å². The molecule has 1 amide bonds. The molecule has 1 fully saturated rings. The van der Waals surface area contributed by atoms with Gasteiger partial charge in [-0.3, -0.25) is 4.79 Å². The van der Waals surface area contributed by atoms with Gasteiger partial charge in [0.05, 0.1) is 22.9 Å². The Morgan fingerprint density at radius 2 is 2.00 bits per heavy atom. The monoisotopic (exact) mass is 352 g/mol. The Morgan fingerprint density at radius 1 is 1.23 bits per heavy atom. The summed E-state index contributed by atoms with van der Waals surface area (Å²) in [5, 5.41) is 3.28. The molecular formula is C20H21FN4O. The van der Waals surface area contributed by atoms with Crippen LogP contribution in [0.3, 0.4) is 0 Å². The highest BCUT2D eigenvalue weighted by atomic mass is 19.1. The van der Waals surface area contributed by atoms with E-state index in [-0.39, 0.29) is 17.5 Å². The van der Waals surface area contributed by atoms with Crippen LogP contribution in [0.25, 0.3) is 22.2 Å². The third kappa shape index (κ3) is 2.97. The number of aromatic nitrogens is 2. The lowest BCUT2D eigenvalue weighted by molar-refractivity contribution is 0.0704. The van der Waals surface area contributed by atoms with E-state index in [9.17, 15) is 9.18 Å². The number of nitrogens with one attached hydrogen (secondary N) is 1. The number of amides is 1. The molecule has 1 saturated heterocycles. The third-order valence-corrected chi connectivity index (χ3v) is 4.91. The van der Waals surface area contributed by atoms with E-state index in [1.165, 1.54) is 6.07 Å². The van der Waals surface area contributed by atoms with Crippen LogP contribution in [-0.4, -0.2) is 46.0 Å². The quantitative estimate of drug-likeness (QED) is 0.772. The molecule has 26 heavy (non-hydrogen) atoms. The van der Waals surface area contributed by atoms with Crippen LogP contribution in [0.5, 0.6) is 0 Å². The fourth-order valence-corrected chi connectivity index (χ4v) is 3.47. The van der Waals surface area contributed by atoms with Crippen molar-refractivity contribution in [3.63, 3.8) is 0 Å². The summed E-state index contributed by atoms with van der Waals surface area (Å²) in [5.74, 6) is -0.734. The maximum Gasteiger partial charge on any atom is 0.256 e. The average Bonchev–Trinajstić information content (AvgIpc) is 3.01. The van der Waals surface area contributed by atoms with Crippen LogP contribution < -0.4 is 5.32 Å². The largest absolute Gasteiger partial charge is 0.336 e. The Kier molecular flexibility index (Phi) is 4.20. The van der Waals surface area contributed by atoms with Crippen LogP contribution in [0.4, 0.5) is 4.39 Å². The number of hydrogen-bond donors (Lipinski definition) is 1. The molecule has 6 heteroatoms. The van der Waals surface area contributed by atoms with E-state index < -0.39 is 5.82 Å². The summed E-state index contributed by atoms with van der Waals surface area (Å²) in [5.41, 5.74) is 3.63. The first-order valence-electron chi connectivity index (χ1n) is 8.76. The number of hydrogen-bond acceptors (Lipinski definition) is 3. The van der Waals surface area contributed by atoms with Crippen LogP contribution in [0.15, 0.2) is 42.7 Å². The van der Waals surface area contributed by atoms with Crippen LogP contribution in [0.1, 0.15) is 17.3 Å². The van der Waals surface area contributed by atoms with Crippen LogP contribution in [0, 0.1) is 5.82 Å². The number of aryl methyl sites for hydroxylation is 1. The maximum absolute atomic E-state index is 14.7. The smallest absolute Gasteiger partial charge is 0.256 e. The van der Waals surface area contributed by atoms with Crippen molar-refractivity contribution in [1.29, 1.82) is 0 Å². The van der Waals surface area contributed by atoms with Crippen molar-refractivity contribution < 1.29 is 9.18 Å². The summed E-state index contributed by atoms with van der Waals surface area (Å²) in [7, 11) is 1.94. The summed E-state index contributed by atoms with van der Waals surface area (Å²) in [6.45, 7) is 3.94. The molecule has 5 nitrogen and oxygen atoms in total. The van der Waals surface area contributed by atoms with Crippen molar-refractivity contribution in [3.8, 4) is 11.1 Å². The van der Waals surface area contributed by atoms with Gasteiger partial charge in [0.2, 0.25) is 0 Å². The molecule has 0 radical (unpaired) electrons. The highest BCUT2D eigenvalue weighted by Gasteiger charge is 2.24. The summed E-state index contributed by atoms with van der Waals surface area (Å²) in [6.07, 6.45) is 1.76. The van der Waals surface area contributed by atoms with E-state index in [1.54, 1.807) is 23.4 Å². The fourth-order valence-electron chi connectivity index (χ4n) is 3.47. The molecule has 0 aliphatic carbocycles. The lowest BCUT2D eigenvalue weighted by atomic mass is 10.0. The Bertz CT molecular complexity index is 981. The molecule has 2 heterocycles. The minimum absolute atomic E-state index is 0.127. The predicted molar refractivity (Wildman–Crippen MR) is 99.5 cm³/mol. The topological polar surface area (TPSA) is 50.2 Å². The Balaban J connectivity index is 1.63. The summed E-state index contributed by atoms with van der Waals surface area (Å²) < 4.78 is 16.6. The van der Waals surface area contributed by atoms with Gasteiger partial charge in [-0.25, -0.2) is 9.37 Å². The Labute approximate surface area is 151 Å². The van der Waals surface area contributed by atoms with Gasteiger partial charge in [0.1, 0.15) is 5.82 Å². The first-order valence-corrected chi connectivity index (χ1v) is 8.76. The minimum atomic E-state index is -0.486. The number of carbonyl (C=O) groups excluding carboxylic acids is 1. The average molecular weight is 352 g/mol. The zero-order valence-electron chi connectivity index (χ0n) is 14.9. The second-order valence-corrected chi connectivity index (χ2v) is 6.86. The first kappa shape index (κ1) is 16.7. The van der Waals surface area contributed by atoms with Crippen LogP contribution >= 0.6 is 0 Å². The van der Waals surface area contributed by atoms with Crippen LogP contribution in [0.2, 0.25) is 0 Å². The number of benzene rings is 2. The molecule has 0 saturated carbocycles. The van der Waals surface area contributed by atoms with Crippen molar-refractivity contribution >= 4 is 16.9 Å². The SMILES string of the molecule is CC1CN(C(=O)c2ccc(-c3ccc4c(c3)ncn4C)cc2F)CCN1. The van der Waals surface area contributed by atoms with E-state index in [2.05, 4.69) is 10.3 Å². The molecule has 1 aliphatic heterocycles. The van der Waals surface area contributed by atoms with E-state index in [0.717, 1.165) is 28.7 Å². The number of carbonyl (C=O) groups is 1. The molecule has 1 aliphatic rings. The molecule has 4 rings (SSSR count). The molecule has 1 unspecified atom stereocenters. The summed E-state index contributed by atoms with van der Waals surface area (Å²) in [4.78, 5) is 18.7. The van der Waals surface area contributed by atoms with Gasteiger partial charge in [0, 0.05) is 32.7 Å². The van der Waals surface area contributed by atoms with Gasteiger partial charge in [0.25, 0.3) is 5.91 Å². The minimum Gasteiger partial charge on any atom is -0.336 e. The lowest BCUT2D eigenvalue weighted by Gasteiger charge is -2.32. The van der Waals surface area contributed by atoms with Gasteiger partial charge in [-0.1, -0.05) is 12.1 Å². The second kappa shape index (κ2) is 6.53. The van der Waals surface area contributed by atoms with Gasteiger partial charge >= 0.3 is 0 Å². The van der Waals surface area contributed by atoms with Crippen molar-refractivity contribution in [3.05, 3.63) is 54.1 Å². The number of piperazine rings is 1. The zero-order chi connectivity index (χ0) is 18.3. The van der Waals surface area contributed by atoms with Gasteiger partial charge in [-0.15, -0.1) is 0 Å². The van der Waals surface area contributed by atoms with Crippen LogP contribution in [-0.2, 0) is 7.05 Å². The van der Waals surface area contributed by atoms with E-state index in [0.29, 0.717) is 13.1 Å². The van der Waals surface area contributed by atoms with Crippen molar-refractivity contribution in [2.45, 2.75) is 13.0 Å². The van der Waals surface area contributed by atoms with Crippen molar-refractivity contribution in [2.75, 3.05) is 19.6 Å². The highest BCUT2D eigenvalue weighted by Crippen LogP contribution is 2.26. The third-order valence-electron chi connectivity index (χ3n) is 4.91. The van der Waals surface area contributed by atoms with Gasteiger partial charge in [-0.2, -0.15) is 0 Å². The van der Waals surface area contributed by atoms with E-state index in [4.69, 9.17) is 0 Å². The zero-order valence-corrected chi connectivity index (χ0v) is 14.9. The Hall–Kier alpha value is -2.73. The van der Waals surface area contributed by atoms with Gasteiger partial charge in [-0.05, 0) is 42.3 Å².